The van der Waals surface area contributed by atoms with Gasteiger partial charge in [0.05, 0.1) is 6.10 Å². The van der Waals surface area contributed by atoms with E-state index in [1.807, 2.05) is 20.8 Å². The van der Waals surface area contributed by atoms with Crippen LogP contribution in [0.1, 0.15) is 40.0 Å². The van der Waals surface area contributed by atoms with Gasteiger partial charge in [-0.25, -0.2) is 4.79 Å². The van der Waals surface area contributed by atoms with E-state index in [4.69, 9.17) is 4.74 Å². The van der Waals surface area contributed by atoms with E-state index in [2.05, 4.69) is 0 Å². The molecule has 0 bridgehead atoms. The standard InChI is InChI=1S/C13H23NO3/c1-13(2,3)17-12(16)14-5-4-9-6-11(15)7-10(9)8-14/h9-11,15H,4-8H2,1-3H3/t9-,10-,11+/m0/s1. The summed E-state index contributed by atoms with van der Waals surface area (Å²) in [5, 5.41) is 9.64. The van der Waals surface area contributed by atoms with Crippen LogP contribution in [0.5, 0.6) is 0 Å². The number of hydrogen-bond donors (Lipinski definition) is 1. The van der Waals surface area contributed by atoms with Gasteiger partial charge in [-0.2, -0.15) is 0 Å². The van der Waals surface area contributed by atoms with Gasteiger partial charge in [-0.05, 0) is 51.9 Å². The molecule has 2 aliphatic rings. The van der Waals surface area contributed by atoms with E-state index in [1.54, 1.807) is 4.90 Å². The molecular formula is C13H23NO3. The third-order valence-electron chi connectivity index (χ3n) is 3.69. The zero-order chi connectivity index (χ0) is 12.6. The lowest BCUT2D eigenvalue weighted by molar-refractivity contribution is 0.0126. The van der Waals surface area contributed by atoms with Crippen LogP contribution in [0.2, 0.25) is 0 Å². The molecule has 0 unspecified atom stereocenters. The number of ether oxygens (including phenoxy) is 1. The van der Waals surface area contributed by atoms with Gasteiger partial charge in [0.1, 0.15) is 5.60 Å². The van der Waals surface area contributed by atoms with Crippen molar-refractivity contribution >= 4 is 6.09 Å². The molecule has 1 aliphatic carbocycles. The second-order valence-electron chi connectivity index (χ2n) is 6.36. The van der Waals surface area contributed by atoms with Crippen LogP contribution < -0.4 is 0 Å². The van der Waals surface area contributed by atoms with Gasteiger partial charge < -0.3 is 14.7 Å². The van der Waals surface area contributed by atoms with Gasteiger partial charge in [0.15, 0.2) is 0 Å². The summed E-state index contributed by atoms with van der Waals surface area (Å²) in [5.41, 5.74) is -0.427. The number of carbonyl (C=O) groups is 1. The Bertz CT molecular complexity index is 298. The number of hydrogen-bond acceptors (Lipinski definition) is 3. The predicted octanol–water partition coefficient (Wildman–Crippen LogP) is 2.01. The highest BCUT2D eigenvalue weighted by Crippen LogP contribution is 2.38. The number of fused-ring (bicyclic) bond motifs is 1. The van der Waals surface area contributed by atoms with Crippen LogP contribution in [0.3, 0.4) is 0 Å². The maximum Gasteiger partial charge on any atom is 0.410 e. The smallest absolute Gasteiger partial charge is 0.410 e. The Morgan fingerprint density at radius 1 is 1.29 bits per heavy atom. The largest absolute Gasteiger partial charge is 0.444 e. The molecule has 98 valence electrons. The third-order valence-corrected chi connectivity index (χ3v) is 3.69. The monoisotopic (exact) mass is 241 g/mol. The Hall–Kier alpha value is -0.770. The lowest BCUT2D eigenvalue weighted by Crippen LogP contribution is -2.44. The van der Waals surface area contributed by atoms with Crippen molar-refractivity contribution in [3.8, 4) is 0 Å². The minimum Gasteiger partial charge on any atom is -0.444 e. The van der Waals surface area contributed by atoms with Gasteiger partial charge in [0, 0.05) is 13.1 Å². The van der Waals surface area contributed by atoms with Gasteiger partial charge in [-0.1, -0.05) is 0 Å². The SMILES string of the molecule is CC(C)(C)OC(=O)N1CC[C@H]2C[C@@H](O)C[C@H]2C1. The van der Waals surface area contributed by atoms with Gasteiger partial charge in [0.25, 0.3) is 0 Å². The quantitative estimate of drug-likeness (QED) is 0.706. The van der Waals surface area contributed by atoms with Crippen molar-refractivity contribution in [1.82, 2.24) is 4.90 Å². The van der Waals surface area contributed by atoms with Crippen molar-refractivity contribution in [2.24, 2.45) is 11.8 Å². The lowest BCUT2D eigenvalue weighted by Gasteiger charge is -2.35. The topological polar surface area (TPSA) is 49.8 Å². The first-order valence-corrected chi connectivity index (χ1v) is 6.51. The van der Waals surface area contributed by atoms with Crippen molar-refractivity contribution in [3.63, 3.8) is 0 Å². The molecule has 1 N–H and O–H groups in total. The molecule has 4 nitrogen and oxygen atoms in total. The van der Waals surface area contributed by atoms with Crippen LogP contribution in [0.4, 0.5) is 4.79 Å². The fourth-order valence-electron chi connectivity index (χ4n) is 2.95. The Morgan fingerprint density at radius 3 is 2.59 bits per heavy atom. The van der Waals surface area contributed by atoms with E-state index >= 15 is 0 Å². The summed E-state index contributed by atoms with van der Waals surface area (Å²) in [6.07, 6.45) is 2.37. The summed E-state index contributed by atoms with van der Waals surface area (Å²) >= 11 is 0. The van der Waals surface area contributed by atoms with Gasteiger partial charge in [0.2, 0.25) is 0 Å². The maximum absolute atomic E-state index is 11.9. The van der Waals surface area contributed by atoms with Crippen molar-refractivity contribution in [3.05, 3.63) is 0 Å². The van der Waals surface area contributed by atoms with E-state index in [0.29, 0.717) is 11.8 Å². The van der Waals surface area contributed by atoms with Crippen molar-refractivity contribution in [2.45, 2.75) is 51.7 Å². The average Bonchev–Trinajstić information content (AvgIpc) is 2.53. The average molecular weight is 241 g/mol. The second kappa shape index (κ2) is 4.48. The summed E-state index contributed by atoms with van der Waals surface area (Å²) in [7, 11) is 0. The molecule has 0 aromatic carbocycles. The number of rotatable bonds is 0. The van der Waals surface area contributed by atoms with Gasteiger partial charge in [-0.3, -0.25) is 0 Å². The number of nitrogens with zero attached hydrogens (tertiary/aromatic N) is 1. The van der Waals surface area contributed by atoms with Crippen LogP contribution in [0.25, 0.3) is 0 Å². The normalized spacial score (nSPS) is 33.4. The predicted molar refractivity (Wildman–Crippen MR) is 64.6 cm³/mol. The minimum atomic E-state index is -0.427. The molecule has 1 heterocycles. The van der Waals surface area contributed by atoms with E-state index in [-0.39, 0.29) is 12.2 Å². The van der Waals surface area contributed by atoms with E-state index in [9.17, 15) is 9.90 Å². The van der Waals surface area contributed by atoms with Gasteiger partial charge in [-0.15, -0.1) is 0 Å². The van der Waals surface area contributed by atoms with E-state index < -0.39 is 5.60 Å². The Balaban J connectivity index is 1.90. The van der Waals surface area contributed by atoms with Crippen molar-refractivity contribution in [2.75, 3.05) is 13.1 Å². The zero-order valence-electron chi connectivity index (χ0n) is 11.0. The molecule has 2 rings (SSSR count). The first kappa shape index (κ1) is 12.7. The maximum atomic E-state index is 11.9. The van der Waals surface area contributed by atoms with Gasteiger partial charge >= 0.3 is 6.09 Å². The summed E-state index contributed by atoms with van der Waals surface area (Å²) in [6.45, 7) is 7.17. The number of aliphatic hydroxyl groups excluding tert-OH is 1. The first-order valence-electron chi connectivity index (χ1n) is 6.51. The Kier molecular flexibility index (Phi) is 3.34. The summed E-state index contributed by atoms with van der Waals surface area (Å²) in [6, 6.07) is 0. The Labute approximate surface area is 103 Å². The zero-order valence-corrected chi connectivity index (χ0v) is 11.0. The fraction of sp³-hybridized carbons (Fsp3) is 0.923. The highest BCUT2D eigenvalue weighted by Gasteiger charge is 2.39. The van der Waals surface area contributed by atoms with E-state index in [0.717, 1.165) is 32.4 Å². The number of aliphatic hydroxyl groups is 1. The molecule has 1 aliphatic heterocycles. The van der Waals surface area contributed by atoms with Crippen molar-refractivity contribution in [1.29, 1.82) is 0 Å². The van der Waals surface area contributed by atoms with Crippen LogP contribution in [0.15, 0.2) is 0 Å². The highest BCUT2D eigenvalue weighted by molar-refractivity contribution is 5.68. The van der Waals surface area contributed by atoms with Crippen LogP contribution in [-0.2, 0) is 4.74 Å². The number of piperidine rings is 1. The Morgan fingerprint density at radius 2 is 1.94 bits per heavy atom. The molecule has 0 radical (unpaired) electrons. The highest BCUT2D eigenvalue weighted by atomic mass is 16.6. The third kappa shape index (κ3) is 3.12. The van der Waals surface area contributed by atoms with Crippen LogP contribution in [-0.4, -0.2) is 40.9 Å². The number of carbonyl (C=O) groups excluding carboxylic acids is 1. The second-order valence-corrected chi connectivity index (χ2v) is 6.36. The minimum absolute atomic E-state index is 0.163. The molecule has 1 saturated carbocycles. The molecule has 1 saturated heterocycles. The molecule has 0 spiro atoms. The molecule has 2 fully saturated rings. The summed E-state index contributed by atoms with van der Waals surface area (Å²) in [5.74, 6) is 1.06. The molecule has 17 heavy (non-hydrogen) atoms. The van der Waals surface area contributed by atoms with Crippen LogP contribution >= 0.6 is 0 Å². The number of likely N-dealkylation sites (tertiary alicyclic amines) is 1. The first-order chi connectivity index (χ1) is 7.85. The van der Waals surface area contributed by atoms with Crippen molar-refractivity contribution < 1.29 is 14.6 Å². The lowest BCUT2D eigenvalue weighted by atomic mass is 9.89. The molecular weight excluding hydrogens is 218 g/mol. The van der Waals surface area contributed by atoms with E-state index in [1.165, 1.54) is 0 Å². The molecule has 1 amide bonds. The molecule has 4 heteroatoms. The number of amides is 1. The molecule has 0 aromatic heterocycles. The van der Waals surface area contributed by atoms with Crippen LogP contribution in [0, 0.1) is 11.8 Å². The summed E-state index contributed by atoms with van der Waals surface area (Å²) in [4.78, 5) is 13.7. The fourth-order valence-corrected chi connectivity index (χ4v) is 2.95. The molecule has 0 aromatic rings. The molecule has 3 atom stereocenters. The summed E-state index contributed by atoms with van der Waals surface area (Å²) < 4.78 is 5.38.